The lowest BCUT2D eigenvalue weighted by molar-refractivity contribution is 0.0594. The second kappa shape index (κ2) is 6.19. The molecule has 2 aromatic rings. The van der Waals surface area contributed by atoms with Gasteiger partial charge in [-0.05, 0) is 24.3 Å². The minimum Gasteiger partial charge on any atom is -0.492 e. The maximum Gasteiger partial charge on any atom is 0.360 e. The van der Waals surface area contributed by atoms with E-state index in [1.165, 1.54) is 18.0 Å². The minimum absolute atomic E-state index is 0.175. The quantitative estimate of drug-likeness (QED) is 0.782. The molecule has 0 bridgehead atoms. The summed E-state index contributed by atoms with van der Waals surface area (Å²) in [5.41, 5.74) is 0.175. The Labute approximate surface area is 114 Å². The molecule has 2 rings (SSSR count). The molecule has 1 aromatic heterocycles. The van der Waals surface area contributed by atoms with Crippen molar-refractivity contribution in [2.75, 3.05) is 13.7 Å². The molecule has 0 spiro atoms. The normalized spacial score (nSPS) is 10.2. The van der Waals surface area contributed by atoms with Gasteiger partial charge in [-0.15, -0.1) is 5.10 Å². The van der Waals surface area contributed by atoms with Crippen LogP contribution >= 0.6 is 11.6 Å². The van der Waals surface area contributed by atoms with Crippen LogP contribution in [0.3, 0.4) is 0 Å². The van der Waals surface area contributed by atoms with Gasteiger partial charge in [-0.25, -0.2) is 9.48 Å². The predicted octanol–water partition coefficient (Wildman–Crippen LogP) is 1.80. The van der Waals surface area contributed by atoms with Crippen LogP contribution in [-0.2, 0) is 11.3 Å². The topological polar surface area (TPSA) is 66.2 Å². The summed E-state index contributed by atoms with van der Waals surface area (Å²) < 4.78 is 11.5. The number of carbonyl (C=O) groups excluding carboxylic acids is 1. The van der Waals surface area contributed by atoms with Crippen LogP contribution in [0.15, 0.2) is 30.5 Å². The van der Waals surface area contributed by atoms with Crippen LogP contribution in [0.1, 0.15) is 10.5 Å². The van der Waals surface area contributed by atoms with Gasteiger partial charge in [0.2, 0.25) is 0 Å². The largest absolute Gasteiger partial charge is 0.492 e. The first kappa shape index (κ1) is 13.4. The van der Waals surface area contributed by atoms with Crippen molar-refractivity contribution in [2.24, 2.45) is 0 Å². The number of hydrogen-bond acceptors (Lipinski definition) is 5. The highest BCUT2D eigenvalue weighted by molar-refractivity contribution is 6.30. The first-order valence-electron chi connectivity index (χ1n) is 5.56. The molecule has 0 unspecified atom stereocenters. The van der Waals surface area contributed by atoms with E-state index in [-0.39, 0.29) is 5.69 Å². The molecule has 0 radical (unpaired) electrons. The molecule has 6 nitrogen and oxygen atoms in total. The van der Waals surface area contributed by atoms with Crippen molar-refractivity contribution in [2.45, 2.75) is 6.54 Å². The Hall–Kier alpha value is -2.08. The summed E-state index contributed by atoms with van der Waals surface area (Å²) in [6.45, 7) is 0.887. The Morgan fingerprint density at radius 3 is 2.79 bits per heavy atom. The summed E-state index contributed by atoms with van der Waals surface area (Å²) in [5, 5.41) is 8.14. The maximum atomic E-state index is 11.2. The monoisotopic (exact) mass is 281 g/mol. The third-order valence-electron chi connectivity index (χ3n) is 2.34. The van der Waals surface area contributed by atoms with Crippen molar-refractivity contribution in [3.63, 3.8) is 0 Å². The first-order valence-corrected chi connectivity index (χ1v) is 5.93. The molecule has 1 heterocycles. The fourth-order valence-electron chi connectivity index (χ4n) is 1.39. The molecule has 0 amide bonds. The summed E-state index contributed by atoms with van der Waals surface area (Å²) >= 11 is 5.77. The van der Waals surface area contributed by atoms with E-state index in [2.05, 4.69) is 15.0 Å². The third-order valence-corrected chi connectivity index (χ3v) is 2.59. The molecule has 0 aliphatic carbocycles. The number of ether oxygens (including phenoxy) is 2. The Kier molecular flexibility index (Phi) is 4.35. The van der Waals surface area contributed by atoms with Crippen LogP contribution in [0.25, 0.3) is 0 Å². The smallest absolute Gasteiger partial charge is 0.360 e. The van der Waals surface area contributed by atoms with E-state index in [1.807, 2.05) is 0 Å². The Morgan fingerprint density at radius 1 is 1.37 bits per heavy atom. The number of halogens is 1. The van der Waals surface area contributed by atoms with Gasteiger partial charge in [0, 0.05) is 5.02 Å². The lowest BCUT2D eigenvalue weighted by Crippen LogP contribution is -2.08. The summed E-state index contributed by atoms with van der Waals surface area (Å²) in [6, 6.07) is 7.07. The third kappa shape index (κ3) is 3.69. The average molecular weight is 282 g/mol. The zero-order valence-electron chi connectivity index (χ0n) is 10.2. The van der Waals surface area contributed by atoms with Crippen molar-refractivity contribution in [3.05, 3.63) is 41.2 Å². The number of aromatic nitrogens is 3. The lowest BCUT2D eigenvalue weighted by Gasteiger charge is -2.05. The molecular weight excluding hydrogens is 270 g/mol. The van der Waals surface area contributed by atoms with E-state index in [9.17, 15) is 4.79 Å². The standard InChI is InChI=1S/C12H12ClN3O3/c1-18-12(17)11-8-16(15-14-11)6-7-19-10-4-2-9(13)3-5-10/h2-5,8H,6-7H2,1H3. The van der Waals surface area contributed by atoms with Crippen LogP contribution in [0.2, 0.25) is 5.02 Å². The van der Waals surface area contributed by atoms with Crippen molar-refractivity contribution in [3.8, 4) is 5.75 Å². The summed E-state index contributed by atoms with van der Waals surface area (Å²) in [6.07, 6.45) is 1.51. The lowest BCUT2D eigenvalue weighted by atomic mass is 10.3. The SMILES string of the molecule is COC(=O)c1cn(CCOc2ccc(Cl)cc2)nn1. The molecule has 0 fully saturated rings. The van der Waals surface area contributed by atoms with Gasteiger partial charge >= 0.3 is 5.97 Å². The molecular formula is C12H12ClN3O3. The van der Waals surface area contributed by atoms with Crippen LogP contribution in [0.5, 0.6) is 5.75 Å². The molecule has 0 saturated heterocycles. The fraction of sp³-hybridized carbons (Fsp3) is 0.250. The molecule has 19 heavy (non-hydrogen) atoms. The first-order chi connectivity index (χ1) is 9.19. The zero-order valence-corrected chi connectivity index (χ0v) is 11.0. The van der Waals surface area contributed by atoms with Gasteiger partial charge in [0.1, 0.15) is 12.4 Å². The zero-order chi connectivity index (χ0) is 13.7. The van der Waals surface area contributed by atoms with Crippen molar-refractivity contribution < 1.29 is 14.3 Å². The highest BCUT2D eigenvalue weighted by atomic mass is 35.5. The number of hydrogen-bond donors (Lipinski definition) is 0. The molecule has 0 aliphatic rings. The number of rotatable bonds is 5. The van der Waals surface area contributed by atoms with Gasteiger partial charge in [0.05, 0.1) is 19.9 Å². The Bertz CT molecular complexity index is 554. The van der Waals surface area contributed by atoms with E-state index < -0.39 is 5.97 Å². The average Bonchev–Trinajstić information content (AvgIpc) is 2.89. The van der Waals surface area contributed by atoms with Crippen molar-refractivity contribution in [1.29, 1.82) is 0 Å². The van der Waals surface area contributed by atoms with Gasteiger partial charge in [0.15, 0.2) is 5.69 Å². The Balaban J connectivity index is 1.84. The van der Waals surface area contributed by atoms with E-state index in [0.717, 1.165) is 5.75 Å². The minimum atomic E-state index is -0.509. The van der Waals surface area contributed by atoms with Gasteiger partial charge in [-0.3, -0.25) is 0 Å². The van der Waals surface area contributed by atoms with E-state index >= 15 is 0 Å². The molecule has 1 aromatic carbocycles. The number of benzene rings is 1. The maximum absolute atomic E-state index is 11.2. The van der Waals surface area contributed by atoms with Gasteiger partial charge < -0.3 is 9.47 Å². The van der Waals surface area contributed by atoms with Crippen LogP contribution in [0, 0.1) is 0 Å². The van der Waals surface area contributed by atoms with Crippen LogP contribution < -0.4 is 4.74 Å². The second-order valence-corrected chi connectivity index (χ2v) is 4.10. The van der Waals surface area contributed by atoms with Gasteiger partial charge in [0.25, 0.3) is 0 Å². The van der Waals surface area contributed by atoms with E-state index in [4.69, 9.17) is 16.3 Å². The number of methoxy groups -OCH3 is 1. The molecule has 0 saturated carbocycles. The number of carbonyl (C=O) groups is 1. The summed E-state index contributed by atoms with van der Waals surface area (Å²) in [7, 11) is 1.30. The molecule has 0 N–H and O–H groups in total. The molecule has 100 valence electrons. The summed E-state index contributed by atoms with van der Waals surface area (Å²) in [4.78, 5) is 11.2. The summed E-state index contributed by atoms with van der Waals surface area (Å²) in [5.74, 6) is 0.211. The highest BCUT2D eigenvalue weighted by Gasteiger charge is 2.10. The van der Waals surface area contributed by atoms with Crippen LogP contribution in [-0.4, -0.2) is 34.7 Å². The number of nitrogens with zero attached hydrogens (tertiary/aromatic N) is 3. The highest BCUT2D eigenvalue weighted by Crippen LogP contribution is 2.15. The van der Waals surface area contributed by atoms with Crippen molar-refractivity contribution >= 4 is 17.6 Å². The molecule has 0 atom stereocenters. The van der Waals surface area contributed by atoms with E-state index in [1.54, 1.807) is 24.3 Å². The van der Waals surface area contributed by atoms with Crippen LogP contribution in [0.4, 0.5) is 0 Å². The van der Waals surface area contributed by atoms with Gasteiger partial charge in [-0.1, -0.05) is 16.8 Å². The fourth-order valence-corrected chi connectivity index (χ4v) is 1.52. The van der Waals surface area contributed by atoms with Gasteiger partial charge in [-0.2, -0.15) is 0 Å². The number of esters is 1. The van der Waals surface area contributed by atoms with Crippen molar-refractivity contribution in [1.82, 2.24) is 15.0 Å². The predicted molar refractivity (Wildman–Crippen MR) is 68.3 cm³/mol. The molecule has 7 heteroatoms. The molecule has 0 aliphatic heterocycles. The Morgan fingerprint density at radius 2 is 2.11 bits per heavy atom. The second-order valence-electron chi connectivity index (χ2n) is 3.66. The van der Waals surface area contributed by atoms with E-state index in [0.29, 0.717) is 18.2 Å².